The van der Waals surface area contributed by atoms with Gasteiger partial charge >= 0.3 is 5.97 Å². The number of hydrogen-bond donors (Lipinski definition) is 2. The lowest BCUT2D eigenvalue weighted by Crippen LogP contribution is -2.39. The molecule has 0 spiro atoms. The maximum Gasteiger partial charge on any atom is 0.328 e. The Morgan fingerprint density at radius 3 is 2.18 bits per heavy atom. The lowest BCUT2D eigenvalue weighted by atomic mass is 9.94. The number of anilines is 1. The van der Waals surface area contributed by atoms with Crippen molar-refractivity contribution in [3.05, 3.63) is 87.4 Å². The first-order chi connectivity index (χ1) is 16.1. The Balaban J connectivity index is 1.82. The molecule has 3 rings (SSSR count). The Morgan fingerprint density at radius 2 is 1.56 bits per heavy atom. The molecule has 0 fully saturated rings. The highest BCUT2D eigenvalue weighted by molar-refractivity contribution is 6.31. The largest absolute Gasteiger partial charge is 0.467 e. The topological polar surface area (TPSA) is 67.4 Å². The van der Waals surface area contributed by atoms with E-state index in [-0.39, 0.29) is 11.9 Å². The summed E-state index contributed by atoms with van der Waals surface area (Å²) >= 11 is 6.17. The number of halogens is 1. The van der Waals surface area contributed by atoms with Crippen LogP contribution in [0.4, 0.5) is 5.69 Å². The van der Waals surface area contributed by atoms with Crippen molar-refractivity contribution in [2.24, 2.45) is 0 Å². The smallest absolute Gasteiger partial charge is 0.328 e. The highest BCUT2D eigenvalue weighted by Crippen LogP contribution is 2.29. The summed E-state index contributed by atoms with van der Waals surface area (Å²) in [5.74, 6) is -0.769. The number of benzene rings is 3. The molecular weight excluding hydrogens is 448 g/mol. The molecule has 1 amide bonds. The Bertz CT molecular complexity index is 1200. The van der Waals surface area contributed by atoms with Crippen LogP contribution in [-0.2, 0) is 9.53 Å². The molecule has 6 heteroatoms. The molecular formula is C28H31ClN2O3. The number of aryl methyl sites for hydroxylation is 3. The van der Waals surface area contributed by atoms with E-state index in [1.807, 2.05) is 57.2 Å². The molecule has 0 saturated carbocycles. The summed E-state index contributed by atoms with van der Waals surface area (Å²) in [5, 5.41) is 7.03. The minimum Gasteiger partial charge on any atom is -0.467 e. The molecule has 2 N–H and O–H groups in total. The van der Waals surface area contributed by atoms with Crippen molar-refractivity contribution in [1.82, 2.24) is 5.32 Å². The Morgan fingerprint density at radius 1 is 0.882 bits per heavy atom. The van der Waals surface area contributed by atoms with Crippen LogP contribution in [0.2, 0.25) is 5.02 Å². The van der Waals surface area contributed by atoms with Crippen LogP contribution in [0.15, 0.2) is 54.6 Å². The van der Waals surface area contributed by atoms with Crippen LogP contribution in [0.3, 0.4) is 0 Å². The number of nitrogens with one attached hydrogen (secondary N) is 2. The lowest BCUT2D eigenvalue weighted by Gasteiger charge is -2.18. The van der Waals surface area contributed by atoms with Crippen molar-refractivity contribution in [2.75, 3.05) is 12.4 Å². The van der Waals surface area contributed by atoms with E-state index in [4.69, 9.17) is 16.3 Å². The second kappa shape index (κ2) is 10.7. The van der Waals surface area contributed by atoms with Crippen LogP contribution in [0.25, 0.3) is 11.1 Å². The average molecular weight is 479 g/mol. The minimum atomic E-state index is -0.717. The number of ether oxygens (including phenoxy) is 1. The number of carbonyl (C=O) groups excluding carboxylic acids is 2. The second-order valence-electron chi connectivity index (χ2n) is 8.66. The molecule has 3 aromatic rings. The summed E-state index contributed by atoms with van der Waals surface area (Å²) in [5.41, 5.74) is 7.54. The normalized spacial score (nSPS) is 12.6. The van der Waals surface area contributed by atoms with Crippen LogP contribution < -0.4 is 10.6 Å². The van der Waals surface area contributed by atoms with Gasteiger partial charge in [-0.25, -0.2) is 4.79 Å². The third-order valence-electron chi connectivity index (χ3n) is 5.92. The molecule has 0 radical (unpaired) electrons. The second-order valence-corrected chi connectivity index (χ2v) is 9.07. The van der Waals surface area contributed by atoms with Crippen molar-refractivity contribution >= 4 is 29.2 Å². The first kappa shape index (κ1) is 25.3. The zero-order valence-corrected chi connectivity index (χ0v) is 21.2. The predicted octanol–water partition coefficient (Wildman–Crippen LogP) is 6.40. The molecule has 0 aromatic heterocycles. The molecule has 0 bridgehead atoms. The van der Waals surface area contributed by atoms with Gasteiger partial charge in [-0.15, -0.1) is 0 Å². The van der Waals surface area contributed by atoms with E-state index in [0.717, 1.165) is 44.1 Å². The fourth-order valence-corrected chi connectivity index (χ4v) is 4.17. The summed E-state index contributed by atoms with van der Waals surface area (Å²) in [6.07, 6.45) is 0. The highest BCUT2D eigenvalue weighted by atomic mass is 35.5. The van der Waals surface area contributed by atoms with Crippen molar-refractivity contribution < 1.29 is 14.3 Å². The lowest BCUT2D eigenvalue weighted by molar-refractivity contribution is -0.142. The van der Waals surface area contributed by atoms with E-state index < -0.39 is 12.0 Å². The van der Waals surface area contributed by atoms with Crippen LogP contribution in [0.5, 0.6) is 0 Å². The fourth-order valence-electron chi connectivity index (χ4n) is 4.05. The van der Waals surface area contributed by atoms with Gasteiger partial charge in [0.2, 0.25) is 0 Å². The van der Waals surface area contributed by atoms with Gasteiger partial charge in [-0.2, -0.15) is 0 Å². The molecule has 0 aliphatic carbocycles. The van der Waals surface area contributed by atoms with Gasteiger partial charge in [0, 0.05) is 22.3 Å². The van der Waals surface area contributed by atoms with Gasteiger partial charge in [0.25, 0.3) is 5.91 Å². The van der Waals surface area contributed by atoms with Gasteiger partial charge in [0.15, 0.2) is 0 Å². The summed E-state index contributed by atoms with van der Waals surface area (Å²) < 4.78 is 4.70. The van der Waals surface area contributed by atoms with Crippen molar-refractivity contribution in [3.63, 3.8) is 0 Å². The zero-order valence-electron chi connectivity index (χ0n) is 20.5. The van der Waals surface area contributed by atoms with E-state index in [1.165, 1.54) is 7.11 Å². The number of rotatable bonds is 7. The molecule has 3 aromatic carbocycles. The van der Waals surface area contributed by atoms with Gasteiger partial charge in [0.05, 0.1) is 7.11 Å². The third-order valence-corrected chi connectivity index (χ3v) is 6.35. The van der Waals surface area contributed by atoms with Crippen LogP contribution in [0.1, 0.15) is 52.5 Å². The maximum absolute atomic E-state index is 12.8. The Hall–Kier alpha value is -3.31. The number of hydrogen-bond acceptors (Lipinski definition) is 4. The quantitative estimate of drug-likeness (QED) is 0.386. The molecule has 0 aliphatic rings. The molecule has 2 atom stereocenters. The van der Waals surface area contributed by atoms with Gasteiger partial charge < -0.3 is 15.4 Å². The average Bonchev–Trinajstić information content (AvgIpc) is 2.79. The molecule has 178 valence electrons. The first-order valence-electron chi connectivity index (χ1n) is 11.2. The molecule has 0 aliphatic heterocycles. The van der Waals surface area contributed by atoms with E-state index >= 15 is 0 Å². The van der Waals surface area contributed by atoms with Crippen molar-refractivity contribution in [2.45, 2.75) is 46.7 Å². The number of esters is 1. The Kier molecular flexibility index (Phi) is 8.00. The molecule has 34 heavy (non-hydrogen) atoms. The predicted molar refractivity (Wildman–Crippen MR) is 139 cm³/mol. The number of carbonyl (C=O) groups is 2. The monoisotopic (exact) mass is 478 g/mol. The zero-order chi connectivity index (χ0) is 25.0. The van der Waals surface area contributed by atoms with E-state index in [1.54, 1.807) is 6.92 Å². The standard InChI is InChI=1S/C28H31ClN2O3/c1-16-12-21(10-11-25(16)29)19(4)30-24-9-7-8-22(15-24)23-13-17(2)26(18(3)14-23)27(32)31-20(5)28(33)34-6/h7-15,19-20,30H,1-6H3,(H,31,32)/t19-,20+/m1/s1. The maximum atomic E-state index is 12.8. The fraction of sp³-hybridized carbons (Fsp3) is 0.286. The van der Waals surface area contributed by atoms with E-state index in [9.17, 15) is 9.59 Å². The summed E-state index contributed by atoms with van der Waals surface area (Å²) in [7, 11) is 1.30. The van der Waals surface area contributed by atoms with Gasteiger partial charge in [0.1, 0.15) is 6.04 Å². The van der Waals surface area contributed by atoms with Gasteiger partial charge in [-0.05, 0) is 86.2 Å². The molecule has 0 heterocycles. The van der Waals surface area contributed by atoms with E-state index in [0.29, 0.717) is 5.56 Å². The van der Waals surface area contributed by atoms with Gasteiger partial charge in [-0.1, -0.05) is 48.0 Å². The van der Waals surface area contributed by atoms with Gasteiger partial charge in [-0.3, -0.25) is 4.79 Å². The molecule has 0 saturated heterocycles. The number of amides is 1. The summed E-state index contributed by atoms with van der Waals surface area (Å²) in [4.78, 5) is 24.5. The van der Waals surface area contributed by atoms with Crippen LogP contribution in [0, 0.1) is 20.8 Å². The summed E-state index contributed by atoms with van der Waals surface area (Å²) in [6.45, 7) is 9.53. The van der Waals surface area contributed by atoms with Crippen LogP contribution in [-0.4, -0.2) is 25.0 Å². The first-order valence-corrected chi connectivity index (χ1v) is 11.6. The molecule has 0 unspecified atom stereocenters. The van der Waals surface area contributed by atoms with Crippen LogP contribution >= 0.6 is 11.6 Å². The SMILES string of the molecule is COC(=O)[C@H](C)NC(=O)c1c(C)cc(-c2cccc(N[C@H](C)c3ccc(Cl)c(C)c3)c2)cc1C. The number of methoxy groups -OCH3 is 1. The minimum absolute atomic E-state index is 0.109. The Labute approximate surface area is 206 Å². The van der Waals surface area contributed by atoms with E-state index in [2.05, 4.69) is 35.8 Å². The van der Waals surface area contributed by atoms with Crippen molar-refractivity contribution in [1.29, 1.82) is 0 Å². The highest BCUT2D eigenvalue weighted by Gasteiger charge is 2.20. The third kappa shape index (κ3) is 5.78. The van der Waals surface area contributed by atoms with Crippen molar-refractivity contribution in [3.8, 4) is 11.1 Å². The summed E-state index contributed by atoms with van der Waals surface area (Å²) in [6, 6.07) is 17.7. The molecule has 5 nitrogen and oxygen atoms in total.